The van der Waals surface area contributed by atoms with Gasteiger partial charge in [0.25, 0.3) is 5.56 Å². The van der Waals surface area contributed by atoms with E-state index in [0.717, 1.165) is 23.2 Å². The summed E-state index contributed by atoms with van der Waals surface area (Å²) >= 11 is 0. The number of nitrogen functional groups attached to an aromatic ring is 1. The Morgan fingerprint density at radius 2 is 1.74 bits per heavy atom. The van der Waals surface area contributed by atoms with Gasteiger partial charge in [-0.1, -0.05) is 0 Å². The molecule has 5 rings (SSSR count). The number of nitrogens with zero attached hydrogens (tertiary/aromatic N) is 5. The number of ether oxygens (including phenoxy) is 2. The lowest BCUT2D eigenvalue weighted by Gasteiger charge is -2.23. The highest BCUT2D eigenvalue weighted by molar-refractivity contribution is 7.47. The van der Waals surface area contributed by atoms with Crippen molar-refractivity contribution in [2.75, 3.05) is 18.9 Å². The molecule has 5 heterocycles. The second-order valence-electron chi connectivity index (χ2n) is 9.06. The van der Waals surface area contributed by atoms with Gasteiger partial charge in [-0.05, 0) is 0 Å². The van der Waals surface area contributed by atoms with Crippen LogP contribution in [0.2, 0.25) is 0 Å². The number of imidazole rings is 1. The zero-order valence-electron chi connectivity index (χ0n) is 20.9. The van der Waals surface area contributed by atoms with E-state index in [1.54, 1.807) is 0 Å². The van der Waals surface area contributed by atoms with E-state index in [0.29, 0.717) is 0 Å². The quantitative estimate of drug-likeness (QED) is 0.125. The van der Waals surface area contributed by atoms with E-state index in [4.69, 9.17) is 24.3 Å². The number of hydrogen-bond acceptors (Lipinski definition) is 17. The Morgan fingerprint density at radius 1 is 1.02 bits per heavy atom. The van der Waals surface area contributed by atoms with Gasteiger partial charge in [-0.25, -0.2) is 33.4 Å². The van der Waals surface area contributed by atoms with Gasteiger partial charge in [0.1, 0.15) is 48.5 Å². The first-order valence-electron chi connectivity index (χ1n) is 11.9. The molecule has 0 radical (unpaired) electrons. The number of aromatic nitrogens is 6. The number of anilines is 1. The molecule has 0 amide bonds. The molecule has 2 aliphatic rings. The summed E-state index contributed by atoms with van der Waals surface area (Å²) in [6.45, 7) is -1.59. The van der Waals surface area contributed by atoms with Crippen molar-refractivity contribution in [1.82, 2.24) is 29.1 Å². The predicted octanol–water partition coefficient (Wildman–Crippen LogP) is -2.56. The maximum atomic E-state index is 12.9. The van der Waals surface area contributed by atoms with E-state index in [1.165, 1.54) is 10.9 Å². The van der Waals surface area contributed by atoms with Crippen molar-refractivity contribution in [3.8, 4) is 0 Å². The number of nitrogens with two attached hydrogens (primary N) is 1. The number of nitrogens with one attached hydrogen (secondary N) is 1. The normalized spacial score (nSPS) is 31.0. The van der Waals surface area contributed by atoms with Crippen LogP contribution in [0.15, 0.2) is 34.5 Å². The van der Waals surface area contributed by atoms with Gasteiger partial charge in [-0.2, -0.15) is 0 Å². The smallest absolute Gasteiger partial charge is 0.387 e. The molecule has 2 saturated heterocycles. The predicted molar refractivity (Wildman–Crippen MR) is 132 cm³/mol. The lowest BCUT2D eigenvalue weighted by Crippen LogP contribution is -2.37. The Kier molecular flexibility index (Phi) is 8.52. The number of phosphoric ester groups is 1. The highest BCUT2D eigenvalue weighted by Gasteiger charge is 2.50. The molecular formula is C19H23N7O14P2. The Balaban J connectivity index is 1.30. The van der Waals surface area contributed by atoms with Crippen LogP contribution in [0, 0.1) is 0 Å². The molecule has 3 aromatic heterocycles. The molecule has 0 saturated carbocycles. The minimum Gasteiger partial charge on any atom is -0.387 e. The summed E-state index contributed by atoms with van der Waals surface area (Å²) in [4.78, 5) is 47.6. The van der Waals surface area contributed by atoms with E-state index >= 15 is 0 Å². The highest BCUT2D eigenvalue weighted by Crippen LogP contribution is 2.49. The molecule has 0 aliphatic carbocycles. The molecule has 2 aliphatic heterocycles. The van der Waals surface area contributed by atoms with Gasteiger partial charge in [0.2, 0.25) is 0 Å². The third-order valence-corrected chi connectivity index (χ3v) is 7.78. The Labute approximate surface area is 232 Å². The number of aliphatic hydroxyl groups is 3. The molecule has 0 aromatic carbocycles. The maximum Gasteiger partial charge on any atom is 0.472 e. The molecule has 21 nitrogen and oxygen atoms in total. The summed E-state index contributed by atoms with van der Waals surface area (Å²) in [7, 11) is -8.51. The molecule has 42 heavy (non-hydrogen) atoms. The van der Waals surface area contributed by atoms with Crippen LogP contribution in [-0.4, -0.2) is 99.1 Å². The summed E-state index contributed by atoms with van der Waals surface area (Å²) in [6.07, 6.45) is -9.30. The number of hydrogen-bond donors (Lipinski definition) is 6. The molecule has 23 heteroatoms. The van der Waals surface area contributed by atoms with Gasteiger partial charge in [0, 0.05) is 12.3 Å². The van der Waals surface area contributed by atoms with Gasteiger partial charge >= 0.3 is 21.4 Å². The minimum absolute atomic E-state index is 0.0182. The van der Waals surface area contributed by atoms with Crippen molar-refractivity contribution in [3.63, 3.8) is 0 Å². The average Bonchev–Trinajstić information content (AvgIpc) is 3.57. The second-order valence-corrected chi connectivity index (χ2v) is 11.2. The lowest BCUT2D eigenvalue weighted by atomic mass is 10.1. The first-order chi connectivity index (χ1) is 19.9. The third kappa shape index (κ3) is 5.98. The Morgan fingerprint density at radius 3 is 2.45 bits per heavy atom. The third-order valence-electron chi connectivity index (χ3n) is 6.43. The first-order valence-corrected chi connectivity index (χ1v) is 14.5. The van der Waals surface area contributed by atoms with Crippen molar-refractivity contribution in [3.05, 3.63) is 45.8 Å². The monoisotopic (exact) mass is 635 g/mol. The molecular weight excluding hydrogens is 612 g/mol. The van der Waals surface area contributed by atoms with Gasteiger partial charge in [0.15, 0.2) is 23.9 Å². The van der Waals surface area contributed by atoms with Crippen LogP contribution in [0.5, 0.6) is 0 Å². The molecule has 0 bridgehead atoms. The van der Waals surface area contributed by atoms with E-state index in [-0.39, 0.29) is 17.0 Å². The second kappa shape index (κ2) is 11.8. The molecule has 1 unspecified atom stereocenters. The summed E-state index contributed by atoms with van der Waals surface area (Å²) in [6, 6.07) is 0.976. The summed E-state index contributed by atoms with van der Waals surface area (Å²) in [5.41, 5.74) is 4.39. The maximum absolute atomic E-state index is 12.9. The van der Waals surface area contributed by atoms with Crippen molar-refractivity contribution in [2.24, 2.45) is 0 Å². The van der Waals surface area contributed by atoms with Gasteiger partial charge in [-0.15, -0.1) is 0 Å². The topological polar surface area (TPSA) is 303 Å². The van der Waals surface area contributed by atoms with Crippen LogP contribution < -0.4 is 17.0 Å². The van der Waals surface area contributed by atoms with Crippen molar-refractivity contribution < 1.29 is 57.0 Å². The fraction of sp³-hybridized carbons (Fsp3) is 0.526. The SMILES string of the molecule is Nc1ncnc2c1ncn2[C@@H]1O[C@H](COP(=O)=O)[C@@H](OP(=O)(O)OC[C@H]2O[C@@H](n3ccc(=O)[nH]c3=O)[C@H](O)[C@@H]2O)[C@H]1O. The van der Waals surface area contributed by atoms with Crippen molar-refractivity contribution >= 4 is 32.7 Å². The number of H-pyrrole nitrogens is 1. The van der Waals surface area contributed by atoms with Crippen LogP contribution in [-0.2, 0) is 36.7 Å². The van der Waals surface area contributed by atoms with Gasteiger partial charge < -0.3 is 35.4 Å². The average molecular weight is 635 g/mol. The molecule has 228 valence electrons. The molecule has 2 fully saturated rings. The Bertz CT molecular complexity index is 1680. The summed E-state index contributed by atoms with van der Waals surface area (Å²) in [5.74, 6) is 0.0182. The fourth-order valence-corrected chi connectivity index (χ4v) is 5.71. The van der Waals surface area contributed by atoms with Gasteiger partial charge in [-0.3, -0.25) is 32.5 Å². The van der Waals surface area contributed by atoms with Crippen LogP contribution in [0.3, 0.4) is 0 Å². The molecule has 9 atom stereocenters. The van der Waals surface area contributed by atoms with Crippen LogP contribution in [0.25, 0.3) is 11.2 Å². The fourth-order valence-electron chi connectivity index (χ4n) is 4.48. The largest absolute Gasteiger partial charge is 0.472 e. The standard InChI is InChI=1S/C19H23N7O14P2/c20-15-10-16(22-5-21-15)26(6-23-10)18-13(30)14(8(39-18)3-36-41(32)33)40-42(34,35)37-4-7-11(28)12(29)17(38-7)25-2-1-9(27)24-19(25)31/h1-2,5-8,11-14,17-18,28-30H,3-4H2,(H,34,35)(H2,20,21,22)(H,24,27,31)/t7-,8-,11-,12-,13-,14-,17-,18-/m1/s1. The van der Waals surface area contributed by atoms with E-state index in [9.17, 15) is 43.5 Å². The molecule has 0 spiro atoms. The zero-order chi connectivity index (χ0) is 30.3. The first kappa shape index (κ1) is 30.3. The summed E-state index contributed by atoms with van der Waals surface area (Å²) < 4.78 is 62.6. The van der Waals surface area contributed by atoms with Crippen LogP contribution in [0.4, 0.5) is 5.82 Å². The lowest BCUT2D eigenvalue weighted by molar-refractivity contribution is -0.0601. The van der Waals surface area contributed by atoms with Crippen LogP contribution >= 0.6 is 15.7 Å². The van der Waals surface area contributed by atoms with Crippen LogP contribution in [0.1, 0.15) is 12.5 Å². The zero-order valence-corrected chi connectivity index (χ0v) is 22.7. The van der Waals surface area contributed by atoms with Crippen molar-refractivity contribution in [2.45, 2.75) is 49.1 Å². The molecule has 7 N–H and O–H groups in total. The number of aliphatic hydroxyl groups excluding tert-OH is 3. The summed E-state index contributed by atoms with van der Waals surface area (Å²) in [5, 5.41) is 31.7. The Hall–Kier alpha value is -3.20. The molecule has 3 aromatic rings. The highest BCUT2D eigenvalue weighted by atomic mass is 31.2. The van der Waals surface area contributed by atoms with Crippen molar-refractivity contribution in [1.29, 1.82) is 0 Å². The number of fused-ring (bicyclic) bond motifs is 1. The van der Waals surface area contributed by atoms with E-state index < -0.39 is 89.3 Å². The van der Waals surface area contributed by atoms with E-state index in [2.05, 4.69) is 19.5 Å². The number of phosphoric acid groups is 1. The number of rotatable bonds is 10. The minimum atomic E-state index is -5.14. The number of aromatic amines is 1. The van der Waals surface area contributed by atoms with Gasteiger partial charge in [0.05, 0.1) is 19.5 Å². The van der Waals surface area contributed by atoms with E-state index in [1.807, 2.05) is 4.98 Å².